The molecule has 1 rings (SSSR count). The van der Waals surface area contributed by atoms with Gasteiger partial charge in [0.15, 0.2) is 0 Å². The zero-order chi connectivity index (χ0) is 21.9. The van der Waals surface area contributed by atoms with Crippen LogP contribution in [0, 0.1) is 0 Å². The number of hydrogen-bond acceptors (Lipinski definition) is 3. The van der Waals surface area contributed by atoms with Gasteiger partial charge in [-0.05, 0) is 0 Å². The van der Waals surface area contributed by atoms with E-state index >= 15 is 0 Å². The normalized spacial score (nSPS) is 12.0. The summed E-state index contributed by atoms with van der Waals surface area (Å²) in [5.41, 5.74) is 0.433. The van der Waals surface area contributed by atoms with E-state index in [1.807, 2.05) is 32.9 Å². The summed E-state index contributed by atoms with van der Waals surface area (Å²) in [6.45, 7) is 12.5. The van der Waals surface area contributed by atoms with Gasteiger partial charge >= 0.3 is 183 Å². The number of anilines is 1. The van der Waals surface area contributed by atoms with E-state index in [9.17, 15) is 4.79 Å². The van der Waals surface area contributed by atoms with Gasteiger partial charge < -0.3 is 0 Å². The van der Waals surface area contributed by atoms with Gasteiger partial charge in [-0.1, -0.05) is 0 Å². The molecule has 0 fully saturated rings. The molecule has 0 heterocycles. The summed E-state index contributed by atoms with van der Waals surface area (Å²) in [7, 11) is 1.72. The molecule has 29 heavy (non-hydrogen) atoms. The zero-order valence-corrected chi connectivity index (χ0v) is 22.7. The Bertz CT molecular complexity index is 603. The summed E-state index contributed by atoms with van der Waals surface area (Å²) in [5, 5.41) is 3.09. The van der Waals surface area contributed by atoms with E-state index in [2.05, 4.69) is 32.2 Å². The Hall–Kier alpha value is -0.911. The summed E-state index contributed by atoms with van der Waals surface area (Å²) >= 11 is -2.75. The molecular formula is C24H43NO3Sn. The topological polar surface area (TPSA) is 47.6 Å². The summed E-state index contributed by atoms with van der Waals surface area (Å²) in [5.74, 6) is 0.889. The maximum atomic E-state index is 12.6. The van der Waals surface area contributed by atoms with Crippen LogP contribution in [-0.2, 0) is 4.74 Å². The third-order valence-corrected chi connectivity index (χ3v) is 21.1. The fourth-order valence-corrected chi connectivity index (χ4v) is 20.5. The van der Waals surface area contributed by atoms with Crippen molar-refractivity contribution in [3.8, 4) is 5.75 Å². The summed E-state index contributed by atoms with van der Waals surface area (Å²) in [6, 6.07) is 6.20. The first kappa shape index (κ1) is 26.1. The molecule has 0 aromatic heterocycles. The van der Waals surface area contributed by atoms with E-state index in [0.29, 0.717) is 0 Å². The van der Waals surface area contributed by atoms with Crippen LogP contribution in [0.25, 0.3) is 0 Å². The van der Waals surface area contributed by atoms with Crippen molar-refractivity contribution < 1.29 is 14.3 Å². The Morgan fingerprint density at radius 1 is 0.966 bits per heavy atom. The minimum atomic E-state index is -2.75. The van der Waals surface area contributed by atoms with E-state index in [-0.39, 0.29) is 6.09 Å². The van der Waals surface area contributed by atoms with Crippen molar-refractivity contribution in [2.75, 3.05) is 12.4 Å². The molecule has 0 aliphatic heterocycles. The van der Waals surface area contributed by atoms with E-state index in [0.717, 1.165) is 11.4 Å². The molecule has 4 nitrogen and oxygen atoms in total. The molecule has 0 aliphatic rings. The van der Waals surface area contributed by atoms with Crippen molar-refractivity contribution in [1.82, 2.24) is 0 Å². The number of amides is 1. The number of methoxy groups -OCH3 is 1. The molecule has 0 bridgehead atoms. The van der Waals surface area contributed by atoms with Gasteiger partial charge in [0, 0.05) is 0 Å². The molecule has 0 saturated carbocycles. The average Bonchev–Trinajstić information content (AvgIpc) is 2.66. The Balaban J connectivity index is 3.42. The van der Waals surface area contributed by atoms with Crippen molar-refractivity contribution in [1.29, 1.82) is 0 Å². The van der Waals surface area contributed by atoms with Gasteiger partial charge in [0.1, 0.15) is 0 Å². The second-order valence-electron chi connectivity index (χ2n) is 9.13. The van der Waals surface area contributed by atoms with E-state index < -0.39 is 24.0 Å². The molecule has 0 spiro atoms. The van der Waals surface area contributed by atoms with Crippen LogP contribution in [0.4, 0.5) is 10.5 Å². The molecule has 5 heteroatoms. The van der Waals surface area contributed by atoms with Crippen LogP contribution >= 0.6 is 0 Å². The van der Waals surface area contributed by atoms with Crippen molar-refractivity contribution in [3.05, 3.63) is 18.2 Å². The van der Waals surface area contributed by atoms with Crippen molar-refractivity contribution in [3.63, 3.8) is 0 Å². The van der Waals surface area contributed by atoms with E-state index in [1.54, 1.807) is 7.11 Å². The fourth-order valence-electron chi connectivity index (χ4n) is 3.94. The number of rotatable bonds is 12. The molecule has 1 N–H and O–H groups in total. The quantitative estimate of drug-likeness (QED) is 0.304. The molecule has 0 saturated heterocycles. The molecule has 1 aromatic rings. The molecule has 0 radical (unpaired) electrons. The number of carbonyl (C=O) groups is 1. The molecule has 1 aromatic carbocycles. The monoisotopic (exact) mass is 513 g/mol. The fraction of sp³-hybridized carbons (Fsp3) is 0.708. The van der Waals surface area contributed by atoms with Gasteiger partial charge in [-0.2, -0.15) is 0 Å². The van der Waals surface area contributed by atoms with E-state index in [1.165, 1.54) is 55.4 Å². The number of hydrogen-bond donors (Lipinski definition) is 1. The predicted molar refractivity (Wildman–Crippen MR) is 127 cm³/mol. The van der Waals surface area contributed by atoms with Crippen molar-refractivity contribution in [2.45, 2.75) is 99.0 Å². The van der Waals surface area contributed by atoms with Crippen LogP contribution in [0.1, 0.15) is 80.1 Å². The molecule has 166 valence electrons. The van der Waals surface area contributed by atoms with Crippen molar-refractivity contribution in [2.24, 2.45) is 0 Å². The second-order valence-corrected chi connectivity index (χ2v) is 22.3. The van der Waals surface area contributed by atoms with Crippen LogP contribution < -0.4 is 13.6 Å². The first-order chi connectivity index (χ1) is 13.7. The van der Waals surface area contributed by atoms with Crippen LogP contribution in [-0.4, -0.2) is 37.2 Å². The number of ether oxygens (including phenoxy) is 2. The molecule has 0 unspecified atom stereocenters. The molecule has 0 atom stereocenters. The van der Waals surface area contributed by atoms with Gasteiger partial charge in [0.25, 0.3) is 0 Å². The van der Waals surface area contributed by atoms with Gasteiger partial charge in [-0.15, -0.1) is 0 Å². The molecule has 0 aliphatic carbocycles. The summed E-state index contributed by atoms with van der Waals surface area (Å²) in [4.78, 5) is 12.6. The summed E-state index contributed by atoms with van der Waals surface area (Å²) < 4.78 is 16.6. The van der Waals surface area contributed by atoms with Gasteiger partial charge in [0.05, 0.1) is 0 Å². The predicted octanol–water partition coefficient (Wildman–Crippen LogP) is 7.10. The summed E-state index contributed by atoms with van der Waals surface area (Å²) in [6.07, 6.45) is 7.10. The number of carbonyl (C=O) groups excluding carboxylic acids is 1. The van der Waals surface area contributed by atoms with Crippen LogP contribution in [0.2, 0.25) is 13.3 Å². The molecular weight excluding hydrogens is 469 g/mol. The third-order valence-electron chi connectivity index (χ3n) is 5.46. The second kappa shape index (κ2) is 12.7. The third kappa shape index (κ3) is 8.77. The maximum absolute atomic E-state index is 12.6. The molecule has 1 amide bonds. The van der Waals surface area contributed by atoms with Gasteiger partial charge in [0.2, 0.25) is 0 Å². The Morgan fingerprint density at radius 2 is 1.48 bits per heavy atom. The first-order valence-electron chi connectivity index (χ1n) is 11.4. The van der Waals surface area contributed by atoms with Gasteiger partial charge in [-0.25, -0.2) is 0 Å². The van der Waals surface area contributed by atoms with Crippen LogP contribution in [0.15, 0.2) is 18.2 Å². The SMILES string of the molecule is CCC[CH2][Sn]([CH2]CCC)([CH2]CCC)[c]1cc(OC)ccc1NC(=O)OC(C)(C)C. The Morgan fingerprint density at radius 3 is 1.90 bits per heavy atom. The number of nitrogens with one attached hydrogen (secondary N) is 1. The standard InChI is InChI=1S/C12H16NO3.3C4H9.Sn/c1-12(2,3)16-11(14)13-9-5-7-10(15-4)8-6-9;3*1-3-4-2;/h5,7-8H,1-4H3,(H,13,14);3*1,3-4H2,2H3;. The first-order valence-corrected chi connectivity index (χ1v) is 18.9. The van der Waals surface area contributed by atoms with E-state index in [4.69, 9.17) is 9.47 Å². The zero-order valence-electron chi connectivity index (χ0n) is 19.8. The number of unbranched alkanes of at least 4 members (excludes halogenated alkanes) is 3. The van der Waals surface area contributed by atoms with Crippen molar-refractivity contribution >= 4 is 33.7 Å². The average molecular weight is 512 g/mol. The Labute approximate surface area is 183 Å². The Kier molecular flexibility index (Phi) is 11.4. The van der Waals surface area contributed by atoms with Crippen LogP contribution in [0.3, 0.4) is 0 Å². The number of benzene rings is 1. The van der Waals surface area contributed by atoms with Gasteiger partial charge in [-0.3, -0.25) is 0 Å². The minimum absolute atomic E-state index is 0.370. The van der Waals surface area contributed by atoms with Crippen LogP contribution in [0.5, 0.6) is 5.75 Å².